The van der Waals surface area contributed by atoms with E-state index in [-0.39, 0.29) is 17.7 Å². The Bertz CT molecular complexity index is 538. The van der Waals surface area contributed by atoms with Gasteiger partial charge in [-0.3, -0.25) is 9.59 Å². The maximum atomic E-state index is 12.7. The van der Waals surface area contributed by atoms with Crippen LogP contribution in [-0.2, 0) is 16.1 Å². The lowest BCUT2D eigenvalue weighted by atomic mass is 9.81. The second-order valence-corrected chi connectivity index (χ2v) is 6.78. The first-order valence-corrected chi connectivity index (χ1v) is 8.56. The minimum absolute atomic E-state index is 0.0253. The quantitative estimate of drug-likeness (QED) is 0.863. The van der Waals surface area contributed by atoms with Gasteiger partial charge >= 0.3 is 5.97 Å². The molecule has 120 valence electrons. The van der Waals surface area contributed by atoms with E-state index in [1.165, 1.54) is 0 Å². The molecule has 5 heteroatoms. The molecule has 1 amide bonds. The number of amides is 1. The molecular weight excluding hydrogens is 346 g/mol. The number of carboxylic acid groups (broad SMARTS) is 1. The normalized spacial score (nSPS) is 21.4. The number of carbonyl (C=O) groups is 2. The number of hydrogen-bond acceptors (Lipinski definition) is 2. The average Bonchev–Trinajstić information content (AvgIpc) is 2.52. The Morgan fingerprint density at radius 1 is 1.23 bits per heavy atom. The van der Waals surface area contributed by atoms with E-state index in [9.17, 15) is 9.59 Å². The van der Waals surface area contributed by atoms with Crippen LogP contribution in [0.25, 0.3) is 0 Å². The summed E-state index contributed by atoms with van der Waals surface area (Å²) in [5, 5.41) is 9.04. The van der Waals surface area contributed by atoms with Crippen LogP contribution in [0.15, 0.2) is 28.7 Å². The highest BCUT2D eigenvalue weighted by Gasteiger charge is 2.31. The zero-order valence-electron chi connectivity index (χ0n) is 12.8. The number of benzene rings is 1. The van der Waals surface area contributed by atoms with Crippen LogP contribution >= 0.6 is 15.9 Å². The van der Waals surface area contributed by atoms with E-state index in [4.69, 9.17) is 5.11 Å². The van der Waals surface area contributed by atoms with Gasteiger partial charge in [0.25, 0.3) is 0 Å². The molecule has 0 atom stereocenters. The number of nitrogens with zero attached hydrogens (tertiary/aromatic N) is 1. The molecular formula is C17H22BrNO3. The Kier molecular flexibility index (Phi) is 6.00. The van der Waals surface area contributed by atoms with Crippen molar-refractivity contribution in [2.45, 2.75) is 39.2 Å². The molecule has 1 aliphatic rings. The summed E-state index contributed by atoms with van der Waals surface area (Å²) in [5.74, 6) is -0.870. The van der Waals surface area contributed by atoms with Crippen LogP contribution in [0.3, 0.4) is 0 Å². The maximum Gasteiger partial charge on any atom is 0.306 e. The minimum atomic E-state index is -0.729. The zero-order valence-corrected chi connectivity index (χ0v) is 14.4. The van der Waals surface area contributed by atoms with Gasteiger partial charge in [0.05, 0.1) is 5.92 Å². The van der Waals surface area contributed by atoms with Crippen molar-refractivity contribution in [3.05, 3.63) is 34.3 Å². The second-order valence-electron chi connectivity index (χ2n) is 5.87. The molecule has 1 saturated carbocycles. The summed E-state index contributed by atoms with van der Waals surface area (Å²) < 4.78 is 1.01. The van der Waals surface area contributed by atoms with Gasteiger partial charge < -0.3 is 10.0 Å². The van der Waals surface area contributed by atoms with Crippen molar-refractivity contribution >= 4 is 27.8 Å². The molecule has 1 N–H and O–H groups in total. The molecule has 0 heterocycles. The first-order valence-electron chi connectivity index (χ1n) is 7.77. The van der Waals surface area contributed by atoms with Gasteiger partial charge in [-0.15, -0.1) is 0 Å². The Morgan fingerprint density at radius 2 is 1.86 bits per heavy atom. The molecule has 0 unspecified atom stereocenters. The summed E-state index contributed by atoms with van der Waals surface area (Å²) in [5.41, 5.74) is 1.10. The van der Waals surface area contributed by atoms with Crippen molar-refractivity contribution in [2.75, 3.05) is 6.54 Å². The number of aliphatic carboxylic acids is 1. The van der Waals surface area contributed by atoms with Gasteiger partial charge in [-0.05, 0) is 50.3 Å². The highest BCUT2D eigenvalue weighted by Crippen LogP contribution is 2.30. The lowest BCUT2D eigenvalue weighted by molar-refractivity contribution is -0.145. The Labute approximate surface area is 139 Å². The molecule has 4 nitrogen and oxygen atoms in total. The first kappa shape index (κ1) is 17.0. The number of carboxylic acids is 1. The second kappa shape index (κ2) is 7.77. The van der Waals surface area contributed by atoms with Gasteiger partial charge in [0, 0.05) is 23.5 Å². The smallest absolute Gasteiger partial charge is 0.306 e. The number of rotatable bonds is 5. The highest BCUT2D eigenvalue weighted by molar-refractivity contribution is 9.10. The molecule has 0 aromatic heterocycles. The van der Waals surface area contributed by atoms with Crippen molar-refractivity contribution in [2.24, 2.45) is 11.8 Å². The van der Waals surface area contributed by atoms with Gasteiger partial charge in [-0.25, -0.2) is 0 Å². The van der Waals surface area contributed by atoms with E-state index < -0.39 is 5.97 Å². The minimum Gasteiger partial charge on any atom is -0.481 e. The molecule has 0 bridgehead atoms. The van der Waals surface area contributed by atoms with Crippen molar-refractivity contribution in [1.82, 2.24) is 4.90 Å². The molecule has 1 aliphatic carbocycles. The molecule has 0 saturated heterocycles. The Morgan fingerprint density at radius 3 is 2.41 bits per heavy atom. The van der Waals surface area contributed by atoms with E-state index in [0.717, 1.165) is 10.0 Å². The standard InChI is InChI=1S/C17H22BrNO3/c1-2-19(11-12-4-3-5-15(18)10-12)16(20)13-6-8-14(9-7-13)17(21)22/h3-5,10,13-14H,2,6-9,11H2,1H3,(H,21,22). The van der Waals surface area contributed by atoms with Crippen LogP contribution < -0.4 is 0 Å². The topological polar surface area (TPSA) is 57.6 Å². The largest absolute Gasteiger partial charge is 0.481 e. The number of hydrogen-bond donors (Lipinski definition) is 1. The van der Waals surface area contributed by atoms with E-state index in [1.807, 2.05) is 36.1 Å². The van der Waals surface area contributed by atoms with Crippen LogP contribution in [0.2, 0.25) is 0 Å². The highest BCUT2D eigenvalue weighted by atomic mass is 79.9. The van der Waals surface area contributed by atoms with Gasteiger partial charge in [0.15, 0.2) is 0 Å². The molecule has 0 aliphatic heterocycles. The van der Waals surface area contributed by atoms with Crippen LogP contribution in [0.1, 0.15) is 38.2 Å². The predicted octanol–water partition coefficient (Wildman–Crippen LogP) is 3.69. The van der Waals surface area contributed by atoms with Gasteiger partial charge in [0.1, 0.15) is 0 Å². The fourth-order valence-corrected chi connectivity index (χ4v) is 3.49. The lowest BCUT2D eigenvalue weighted by Gasteiger charge is -2.30. The molecule has 22 heavy (non-hydrogen) atoms. The first-order chi connectivity index (χ1) is 10.5. The van der Waals surface area contributed by atoms with Crippen molar-refractivity contribution in [3.63, 3.8) is 0 Å². The lowest BCUT2D eigenvalue weighted by Crippen LogP contribution is -2.37. The van der Waals surface area contributed by atoms with Gasteiger partial charge in [-0.1, -0.05) is 28.1 Å². The summed E-state index contributed by atoms with van der Waals surface area (Å²) in [4.78, 5) is 25.5. The zero-order chi connectivity index (χ0) is 16.1. The third-order valence-electron chi connectivity index (χ3n) is 4.38. The molecule has 1 aromatic carbocycles. The summed E-state index contributed by atoms with van der Waals surface area (Å²) in [6.07, 6.45) is 2.59. The van der Waals surface area contributed by atoms with Gasteiger partial charge in [-0.2, -0.15) is 0 Å². The fraction of sp³-hybridized carbons (Fsp3) is 0.529. The van der Waals surface area contributed by atoms with Crippen LogP contribution in [0.5, 0.6) is 0 Å². The monoisotopic (exact) mass is 367 g/mol. The summed E-state index contributed by atoms with van der Waals surface area (Å²) >= 11 is 3.45. The maximum absolute atomic E-state index is 12.7. The van der Waals surface area contributed by atoms with Crippen molar-refractivity contribution in [3.8, 4) is 0 Å². The van der Waals surface area contributed by atoms with E-state index in [0.29, 0.717) is 38.8 Å². The fourth-order valence-electron chi connectivity index (χ4n) is 3.05. The number of carbonyl (C=O) groups excluding carboxylic acids is 1. The van der Waals surface area contributed by atoms with E-state index in [2.05, 4.69) is 15.9 Å². The van der Waals surface area contributed by atoms with Crippen LogP contribution in [0.4, 0.5) is 0 Å². The molecule has 2 rings (SSSR count). The summed E-state index contributed by atoms with van der Waals surface area (Å²) in [6, 6.07) is 7.98. The molecule has 1 fully saturated rings. The van der Waals surface area contributed by atoms with Crippen molar-refractivity contribution in [1.29, 1.82) is 0 Å². The summed E-state index contributed by atoms with van der Waals surface area (Å²) in [6.45, 7) is 3.26. The molecule has 0 spiro atoms. The molecule has 1 aromatic rings. The van der Waals surface area contributed by atoms with Crippen LogP contribution in [0, 0.1) is 11.8 Å². The molecule has 0 radical (unpaired) electrons. The third-order valence-corrected chi connectivity index (χ3v) is 4.87. The SMILES string of the molecule is CCN(Cc1cccc(Br)c1)C(=O)C1CCC(C(=O)O)CC1. The van der Waals surface area contributed by atoms with Crippen LogP contribution in [-0.4, -0.2) is 28.4 Å². The average molecular weight is 368 g/mol. The third kappa shape index (κ3) is 4.32. The van der Waals surface area contributed by atoms with Gasteiger partial charge in [0.2, 0.25) is 5.91 Å². The number of halogens is 1. The van der Waals surface area contributed by atoms with E-state index in [1.54, 1.807) is 0 Å². The predicted molar refractivity (Wildman–Crippen MR) is 88.3 cm³/mol. The summed E-state index contributed by atoms with van der Waals surface area (Å²) in [7, 11) is 0. The Balaban J connectivity index is 1.96. The van der Waals surface area contributed by atoms with E-state index >= 15 is 0 Å². The Hall–Kier alpha value is -1.36. The van der Waals surface area contributed by atoms with Crippen molar-refractivity contribution < 1.29 is 14.7 Å².